The molecule has 0 radical (unpaired) electrons. The van der Waals surface area contributed by atoms with E-state index >= 15 is 0 Å². The van der Waals surface area contributed by atoms with Gasteiger partial charge in [0.05, 0.1) is 12.2 Å². The van der Waals surface area contributed by atoms with Crippen molar-refractivity contribution in [1.82, 2.24) is 4.98 Å². The maximum atomic E-state index is 10.8. The third-order valence-corrected chi connectivity index (χ3v) is 3.28. The molecule has 5 nitrogen and oxygen atoms in total. The molecule has 1 aromatic rings. The summed E-state index contributed by atoms with van der Waals surface area (Å²) >= 11 is 0. The third kappa shape index (κ3) is 3.92. The van der Waals surface area contributed by atoms with Crippen LogP contribution >= 0.6 is 0 Å². The second-order valence-electron chi connectivity index (χ2n) is 5.11. The summed E-state index contributed by atoms with van der Waals surface area (Å²) in [5.74, 6) is 0.637. The Bertz CT molecular complexity index is 458. The normalized spacial score (nSPS) is 14.4. The van der Waals surface area contributed by atoms with Crippen molar-refractivity contribution < 1.29 is 14.6 Å². The van der Waals surface area contributed by atoms with E-state index in [4.69, 9.17) is 9.84 Å². The number of anilines is 1. The number of aryl methyl sites for hydroxylation is 1. The van der Waals surface area contributed by atoms with Crippen LogP contribution in [0.5, 0.6) is 0 Å². The monoisotopic (exact) mass is 264 g/mol. The second kappa shape index (κ2) is 6.02. The van der Waals surface area contributed by atoms with Crippen LogP contribution in [0.2, 0.25) is 0 Å². The number of hydrogen-bond donors (Lipinski definition) is 1. The average molecular weight is 264 g/mol. The highest BCUT2D eigenvalue weighted by molar-refractivity contribution is 5.87. The molecule has 1 fully saturated rings. The Morgan fingerprint density at radius 1 is 1.58 bits per heavy atom. The van der Waals surface area contributed by atoms with Gasteiger partial charge in [-0.15, -0.1) is 0 Å². The number of nitrogens with zero attached hydrogens (tertiary/aromatic N) is 2. The number of ether oxygens (including phenoxy) is 1. The molecular weight excluding hydrogens is 244 g/mol. The predicted octanol–water partition coefficient (Wildman–Crippen LogP) is 1.95. The fourth-order valence-electron chi connectivity index (χ4n) is 1.93. The van der Waals surface area contributed by atoms with E-state index in [1.165, 1.54) is 19.0 Å². The van der Waals surface area contributed by atoms with Crippen molar-refractivity contribution in [2.24, 2.45) is 5.92 Å². The van der Waals surface area contributed by atoms with Crippen LogP contribution in [0.3, 0.4) is 0 Å². The van der Waals surface area contributed by atoms with Gasteiger partial charge in [0.2, 0.25) is 0 Å². The lowest BCUT2D eigenvalue weighted by molar-refractivity contribution is 0.0696. The molecule has 1 aliphatic rings. The summed E-state index contributed by atoms with van der Waals surface area (Å²) in [6, 6.07) is 1.65. The van der Waals surface area contributed by atoms with Crippen molar-refractivity contribution in [1.29, 1.82) is 0 Å². The van der Waals surface area contributed by atoms with Crippen molar-refractivity contribution >= 4 is 11.8 Å². The van der Waals surface area contributed by atoms with Crippen molar-refractivity contribution in [2.45, 2.75) is 19.8 Å². The number of carbonyl (C=O) groups is 1. The van der Waals surface area contributed by atoms with E-state index in [0.29, 0.717) is 6.61 Å². The Morgan fingerprint density at radius 2 is 2.32 bits per heavy atom. The molecule has 0 atom stereocenters. The highest BCUT2D eigenvalue weighted by atomic mass is 16.5. The molecule has 2 rings (SSSR count). The molecule has 0 aromatic carbocycles. The molecule has 0 bridgehead atoms. The Balaban J connectivity index is 1.86. The lowest BCUT2D eigenvalue weighted by atomic mass is 10.2. The zero-order valence-corrected chi connectivity index (χ0v) is 11.4. The van der Waals surface area contributed by atoms with Crippen molar-refractivity contribution in [2.75, 3.05) is 31.7 Å². The summed E-state index contributed by atoms with van der Waals surface area (Å²) in [6.45, 7) is 4.16. The Morgan fingerprint density at radius 3 is 2.89 bits per heavy atom. The maximum absolute atomic E-state index is 10.8. The van der Waals surface area contributed by atoms with E-state index in [0.717, 1.165) is 30.5 Å². The summed E-state index contributed by atoms with van der Waals surface area (Å²) in [7, 11) is 1.94. The lowest BCUT2D eigenvalue weighted by Crippen LogP contribution is -2.24. The molecule has 1 saturated carbocycles. The highest BCUT2D eigenvalue weighted by Crippen LogP contribution is 2.28. The van der Waals surface area contributed by atoms with Crippen molar-refractivity contribution in [3.05, 3.63) is 23.4 Å². The minimum absolute atomic E-state index is 0.222. The van der Waals surface area contributed by atoms with Gasteiger partial charge in [-0.05, 0) is 37.3 Å². The van der Waals surface area contributed by atoms with Gasteiger partial charge in [0.25, 0.3) is 0 Å². The van der Waals surface area contributed by atoms with Gasteiger partial charge in [0.15, 0.2) is 0 Å². The summed E-state index contributed by atoms with van der Waals surface area (Å²) in [5.41, 5.74) is 1.09. The lowest BCUT2D eigenvalue weighted by Gasteiger charge is -2.20. The van der Waals surface area contributed by atoms with Gasteiger partial charge in [-0.2, -0.15) is 0 Å². The molecule has 1 aliphatic carbocycles. The Labute approximate surface area is 113 Å². The first-order valence-electron chi connectivity index (χ1n) is 6.56. The SMILES string of the molecule is Cc1cc(C(=O)O)cnc1N(C)CCOCC1CC1. The van der Waals surface area contributed by atoms with Crippen molar-refractivity contribution in [3.8, 4) is 0 Å². The number of carboxylic acid groups (broad SMARTS) is 1. The molecule has 0 spiro atoms. The van der Waals surface area contributed by atoms with E-state index < -0.39 is 5.97 Å². The van der Waals surface area contributed by atoms with E-state index in [1.54, 1.807) is 6.07 Å². The standard InChI is InChI=1S/C14H20N2O3/c1-10-7-12(14(17)18)8-15-13(10)16(2)5-6-19-9-11-3-4-11/h7-8,11H,3-6,9H2,1-2H3,(H,17,18). The smallest absolute Gasteiger partial charge is 0.337 e. The van der Waals surface area contributed by atoms with E-state index in [-0.39, 0.29) is 5.56 Å². The van der Waals surface area contributed by atoms with E-state index in [2.05, 4.69) is 4.98 Å². The van der Waals surface area contributed by atoms with Gasteiger partial charge in [0.1, 0.15) is 5.82 Å². The topological polar surface area (TPSA) is 62.7 Å². The number of carboxylic acids is 1. The third-order valence-electron chi connectivity index (χ3n) is 3.28. The number of rotatable bonds is 7. The first-order chi connectivity index (χ1) is 9.08. The number of likely N-dealkylation sites (N-methyl/N-ethyl adjacent to an activating group) is 1. The van der Waals surface area contributed by atoms with Gasteiger partial charge in [-0.25, -0.2) is 9.78 Å². The summed E-state index contributed by atoms with van der Waals surface area (Å²) in [4.78, 5) is 17.1. The number of hydrogen-bond acceptors (Lipinski definition) is 4. The molecule has 1 heterocycles. The number of aromatic carboxylic acids is 1. The van der Waals surface area contributed by atoms with Crippen molar-refractivity contribution in [3.63, 3.8) is 0 Å². The summed E-state index contributed by atoms with van der Waals surface area (Å²) in [5, 5.41) is 8.90. The minimum atomic E-state index is -0.947. The molecular formula is C14H20N2O3. The zero-order valence-electron chi connectivity index (χ0n) is 11.4. The quantitative estimate of drug-likeness (QED) is 0.763. The van der Waals surface area contributed by atoms with Crippen LogP contribution in [-0.4, -0.2) is 42.9 Å². The van der Waals surface area contributed by atoms with Gasteiger partial charge < -0.3 is 14.7 Å². The molecule has 5 heteroatoms. The zero-order chi connectivity index (χ0) is 13.8. The maximum Gasteiger partial charge on any atom is 0.337 e. The van der Waals surface area contributed by atoms with Crippen LogP contribution in [0.25, 0.3) is 0 Å². The molecule has 1 N–H and O–H groups in total. The summed E-state index contributed by atoms with van der Waals surface area (Å²) in [6.07, 6.45) is 3.99. The first-order valence-corrected chi connectivity index (χ1v) is 6.56. The van der Waals surface area contributed by atoms with Gasteiger partial charge in [-0.3, -0.25) is 0 Å². The molecule has 0 aliphatic heterocycles. The van der Waals surface area contributed by atoms with Crippen LogP contribution in [0.1, 0.15) is 28.8 Å². The molecule has 1 aromatic heterocycles. The predicted molar refractivity (Wildman–Crippen MR) is 72.7 cm³/mol. The summed E-state index contributed by atoms with van der Waals surface area (Å²) < 4.78 is 5.59. The molecule has 19 heavy (non-hydrogen) atoms. The largest absolute Gasteiger partial charge is 0.478 e. The van der Waals surface area contributed by atoms with Crippen LogP contribution in [0.15, 0.2) is 12.3 Å². The molecule has 104 valence electrons. The number of aromatic nitrogens is 1. The van der Waals surface area contributed by atoms with Gasteiger partial charge >= 0.3 is 5.97 Å². The van der Waals surface area contributed by atoms with Crippen LogP contribution in [0, 0.1) is 12.8 Å². The second-order valence-corrected chi connectivity index (χ2v) is 5.11. The van der Waals surface area contributed by atoms with E-state index in [9.17, 15) is 4.79 Å². The van der Waals surface area contributed by atoms with Crippen LogP contribution in [0.4, 0.5) is 5.82 Å². The Kier molecular flexibility index (Phi) is 4.37. The molecule has 0 saturated heterocycles. The van der Waals surface area contributed by atoms with Crippen LogP contribution < -0.4 is 4.90 Å². The fourth-order valence-corrected chi connectivity index (χ4v) is 1.93. The first kappa shape index (κ1) is 13.8. The van der Waals surface area contributed by atoms with Gasteiger partial charge in [-0.1, -0.05) is 0 Å². The number of pyridine rings is 1. The Hall–Kier alpha value is -1.62. The minimum Gasteiger partial charge on any atom is -0.478 e. The molecule has 0 unspecified atom stereocenters. The highest BCUT2D eigenvalue weighted by Gasteiger charge is 2.21. The van der Waals surface area contributed by atoms with Crippen LogP contribution in [-0.2, 0) is 4.74 Å². The van der Waals surface area contributed by atoms with Gasteiger partial charge in [0, 0.05) is 26.4 Å². The van der Waals surface area contributed by atoms with E-state index in [1.807, 2.05) is 18.9 Å². The average Bonchev–Trinajstić information content (AvgIpc) is 3.18. The molecule has 0 amide bonds. The fraction of sp³-hybridized carbons (Fsp3) is 0.571.